The summed E-state index contributed by atoms with van der Waals surface area (Å²) in [6, 6.07) is 10.3. The monoisotopic (exact) mass is 495 g/mol. The van der Waals surface area contributed by atoms with E-state index in [0.717, 1.165) is 5.56 Å². The number of carbonyl (C=O) groups excluding carboxylic acids is 1. The molecule has 5 rings (SSSR count). The van der Waals surface area contributed by atoms with E-state index in [1.807, 2.05) is 6.07 Å². The maximum absolute atomic E-state index is 13.1. The fourth-order valence-corrected chi connectivity index (χ4v) is 7.07. The van der Waals surface area contributed by atoms with Crippen molar-refractivity contribution in [3.63, 3.8) is 0 Å². The zero-order valence-corrected chi connectivity index (χ0v) is 19.9. The third-order valence-electron chi connectivity index (χ3n) is 6.90. The number of carbonyl (C=O) groups is 1. The van der Waals surface area contributed by atoms with Crippen molar-refractivity contribution >= 4 is 27.4 Å². The number of aromatic nitrogens is 3. The topological polar surface area (TPSA) is 150 Å². The first kappa shape index (κ1) is 23.3. The lowest BCUT2D eigenvalue weighted by Crippen LogP contribution is -2.43. The minimum atomic E-state index is -2.75. The first-order valence-electron chi connectivity index (χ1n) is 11.3. The predicted molar refractivity (Wildman–Crippen MR) is 130 cm³/mol. The Kier molecular flexibility index (Phi) is 5.75. The van der Waals surface area contributed by atoms with Gasteiger partial charge < -0.3 is 14.6 Å². The second kappa shape index (κ2) is 8.64. The van der Waals surface area contributed by atoms with Crippen molar-refractivity contribution in [2.45, 2.75) is 43.1 Å². The number of hydrogen-bond donors (Lipinski definition) is 3. The summed E-state index contributed by atoms with van der Waals surface area (Å²) in [5.41, 5.74) is 1.16. The fraction of sp³-hybridized carbons (Fsp3) is 0.375. The molecule has 1 unspecified atom stereocenters. The Morgan fingerprint density at radius 3 is 2.77 bits per heavy atom. The summed E-state index contributed by atoms with van der Waals surface area (Å²) < 4.78 is 28.0. The van der Waals surface area contributed by atoms with Gasteiger partial charge in [-0.15, -0.1) is 5.10 Å². The second-order valence-corrected chi connectivity index (χ2v) is 11.6. The maximum Gasteiger partial charge on any atom is 0.263 e. The molecule has 0 bridgehead atoms. The Bertz CT molecular complexity index is 1410. The Balaban J connectivity index is 1.41. The van der Waals surface area contributed by atoms with Gasteiger partial charge in [0.05, 0.1) is 22.6 Å². The molecular formula is C24H25N5O5S. The third kappa shape index (κ3) is 4.03. The molecule has 3 aromatic rings. The first-order chi connectivity index (χ1) is 16.8. The van der Waals surface area contributed by atoms with E-state index in [1.54, 1.807) is 24.3 Å². The molecule has 35 heavy (non-hydrogen) atoms. The Labute approximate surface area is 202 Å². The summed E-state index contributed by atoms with van der Waals surface area (Å²) in [6.45, 7) is 0.199. The van der Waals surface area contributed by atoms with Gasteiger partial charge >= 0.3 is 0 Å². The summed E-state index contributed by atoms with van der Waals surface area (Å²) in [4.78, 5) is 25.9. The van der Waals surface area contributed by atoms with E-state index in [-0.39, 0.29) is 18.0 Å². The molecule has 1 aliphatic carbocycles. The van der Waals surface area contributed by atoms with Gasteiger partial charge in [-0.1, -0.05) is 12.1 Å². The second-order valence-electron chi connectivity index (χ2n) is 9.05. The van der Waals surface area contributed by atoms with Crippen LogP contribution in [0.15, 0.2) is 41.3 Å². The van der Waals surface area contributed by atoms with Crippen LogP contribution in [-0.2, 0) is 13.6 Å². The van der Waals surface area contributed by atoms with E-state index >= 15 is 0 Å². The van der Waals surface area contributed by atoms with Crippen LogP contribution in [0, 0.1) is 11.3 Å². The van der Waals surface area contributed by atoms with Crippen molar-refractivity contribution in [2.75, 3.05) is 5.75 Å². The average Bonchev–Trinajstić information content (AvgIpc) is 3.66. The molecule has 2 aliphatic rings. The number of aryl methyl sites for hydroxylation is 1. The van der Waals surface area contributed by atoms with Gasteiger partial charge in [-0.05, 0) is 49.4 Å². The highest BCUT2D eigenvalue weighted by Crippen LogP contribution is 2.70. The van der Waals surface area contributed by atoms with E-state index in [2.05, 4.69) is 15.5 Å². The van der Waals surface area contributed by atoms with Crippen LogP contribution in [0.2, 0.25) is 0 Å². The maximum atomic E-state index is 13.1. The van der Waals surface area contributed by atoms with E-state index in [4.69, 9.17) is 10.00 Å². The largest absolute Gasteiger partial charge is 0.470 e. The molecule has 1 saturated carbocycles. The summed E-state index contributed by atoms with van der Waals surface area (Å²) >= 11 is 0. The molecule has 0 radical (unpaired) electrons. The zero-order valence-electron chi connectivity index (χ0n) is 19.1. The van der Waals surface area contributed by atoms with Crippen LogP contribution >= 0.6 is 10.6 Å². The van der Waals surface area contributed by atoms with E-state index in [0.29, 0.717) is 47.9 Å². The third-order valence-corrected chi connectivity index (χ3v) is 9.73. The number of hydrogen-bond acceptors (Lipinski definition) is 8. The number of pyridine rings is 1. The Morgan fingerprint density at radius 2 is 2.09 bits per heavy atom. The van der Waals surface area contributed by atoms with Crippen LogP contribution in [0.4, 0.5) is 0 Å². The molecule has 10 nitrogen and oxygen atoms in total. The molecule has 2 fully saturated rings. The molecule has 11 heteroatoms. The average molecular weight is 496 g/mol. The van der Waals surface area contributed by atoms with Crippen molar-refractivity contribution in [2.24, 2.45) is 7.05 Å². The predicted octanol–water partition coefficient (Wildman–Crippen LogP) is 2.95. The number of nitrogens with one attached hydrogen (secondary N) is 1. The Morgan fingerprint density at radius 1 is 1.34 bits per heavy atom. The van der Waals surface area contributed by atoms with E-state index in [1.165, 1.54) is 23.9 Å². The number of fused-ring (bicyclic) bond motifs is 1. The number of benzene rings is 1. The van der Waals surface area contributed by atoms with Crippen molar-refractivity contribution in [3.8, 4) is 11.9 Å². The van der Waals surface area contributed by atoms with Crippen LogP contribution < -0.4 is 15.6 Å². The molecule has 3 heterocycles. The van der Waals surface area contributed by atoms with Crippen LogP contribution in [0.1, 0.15) is 47.2 Å². The van der Waals surface area contributed by atoms with Crippen molar-refractivity contribution in [3.05, 3.63) is 63.6 Å². The van der Waals surface area contributed by atoms with Gasteiger partial charge in [-0.25, -0.2) is 0 Å². The fourth-order valence-electron chi connectivity index (χ4n) is 4.75. The van der Waals surface area contributed by atoms with Gasteiger partial charge in [0.25, 0.3) is 17.3 Å². The normalized spacial score (nSPS) is 20.7. The highest BCUT2D eigenvalue weighted by molar-refractivity contribution is 8.25. The number of nitriles is 1. The lowest BCUT2D eigenvalue weighted by atomic mass is 10.1. The van der Waals surface area contributed by atoms with Gasteiger partial charge in [0.1, 0.15) is 17.2 Å². The lowest BCUT2D eigenvalue weighted by Gasteiger charge is -2.48. The molecule has 1 aromatic carbocycles. The van der Waals surface area contributed by atoms with E-state index < -0.39 is 32.9 Å². The molecular weight excluding hydrogens is 470 g/mol. The number of ether oxygens (including phenoxy) is 1. The number of amides is 1. The van der Waals surface area contributed by atoms with Crippen LogP contribution in [0.3, 0.4) is 0 Å². The number of nitrogens with zero attached hydrogens (tertiary/aromatic N) is 4. The molecule has 3 N–H and O–H groups in total. The van der Waals surface area contributed by atoms with Crippen molar-refractivity contribution in [1.29, 1.82) is 5.26 Å². The molecule has 1 spiro atoms. The molecule has 1 saturated heterocycles. The van der Waals surface area contributed by atoms with Crippen LogP contribution in [0.25, 0.3) is 10.9 Å². The molecule has 1 aliphatic heterocycles. The minimum Gasteiger partial charge on any atom is -0.470 e. The molecule has 2 aromatic heterocycles. The smallest absolute Gasteiger partial charge is 0.263 e. The quantitative estimate of drug-likeness (QED) is 0.489. The zero-order chi connectivity index (χ0) is 24.8. The van der Waals surface area contributed by atoms with Crippen LogP contribution in [0.5, 0.6) is 5.88 Å². The Hall–Kier alpha value is -3.46. The molecule has 182 valence electrons. The molecule has 1 atom stereocenters. The standard InChI is InChI=1S/C24H25N5O5S/c1-29-20-17(11-18(23(29)31)21(30)26-13-16-6-4-15(12-25)5-7-16)14-27-28-22(20)34-19-3-2-10-35(32,33)24(19)8-9-24/h4-7,11,14,19,32-33H,2-3,8-10,13H2,1H3,(H,26,30). The lowest BCUT2D eigenvalue weighted by molar-refractivity contribution is 0.0949. The summed E-state index contributed by atoms with van der Waals surface area (Å²) in [7, 11) is -1.21. The molecule has 1 amide bonds. The minimum absolute atomic E-state index is 0.0434. The van der Waals surface area contributed by atoms with Crippen molar-refractivity contribution < 1.29 is 18.6 Å². The van der Waals surface area contributed by atoms with Crippen molar-refractivity contribution in [1.82, 2.24) is 20.1 Å². The van der Waals surface area contributed by atoms with E-state index in [9.17, 15) is 18.7 Å². The summed E-state index contributed by atoms with van der Waals surface area (Å²) in [5, 5.41) is 20.2. The van der Waals surface area contributed by atoms with Gasteiger partial charge in [0.2, 0.25) is 0 Å². The van der Waals surface area contributed by atoms with Gasteiger partial charge in [0, 0.05) is 24.7 Å². The van der Waals surface area contributed by atoms with Gasteiger partial charge in [-0.2, -0.15) is 21.0 Å². The summed E-state index contributed by atoms with van der Waals surface area (Å²) in [5.74, 6) is -0.0117. The SMILES string of the molecule is Cn1c(=O)c(C(=O)NCc2ccc(C#N)cc2)cc2cnnc(OC3CCCS(O)(O)C34CC4)c21. The highest BCUT2D eigenvalue weighted by Gasteiger charge is 2.62. The van der Waals surface area contributed by atoms with Gasteiger partial charge in [-0.3, -0.25) is 18.7 Å². The van der Waals surface area contributed by atoms with Crippen LogP contribution in [-0.4, -0.2) is 46.4 Å². The van der Waals surface area contributed by atoms with Gasteiger partial charge in [0.15, 0.2) is 0 Å². The number of rotatable bonds is 5. The summed E-state index contributed by atoms with van der Waals surface area (Å²) in [6.07, 6.45) is 3.70. The highest BCUT2D eigenvalue weighted by atomic mass is 32.3. The first-order valence-corrected chi connectivity index (χ1v) is 13.0.